The van der Waals surface area contributed by atoms with Crippen LogP contribution in [0.15, 0.2) is 109 Å². The van der Waals surface area contributed by atoms with E-state index >= 15 is 0 Å². The van der Waals surface area contributed by atoms with Crippen LogP contribution in [0.1, 0.15) is 25.0 Å². The highest BCUT2D eigenvalue weighted by atomic mass is 32.1. The van der Waals surface area contributed by atoms with Crippen LogP contribution in [-0.2, 0) is 5.41 Å². The molecule has 0 spiro atoms. The van der Waals surface area contributed by atoms with Gasteiger partial charge in [-0.3, -0.25) is 0 Å². The van der Waals surface area contributed by atoms with Crippen molar-refractivity contribution in [3.63, 3.8) is 0 Å². The molecule has 38 heavy (non-hydrogen) atoms. The highest BCUT2D eigenvalue weighted by Gasteiger charge is 2.35. The first-order valence-electron chi connectivity index (χ1n) is 13.4. The fourth-order valence-electron chi connectivity index (χ4n) is 7.18. The summed E-state index contributed by atoms with van der Waals surface area (Å²) in [5.41, 5.74) is 5.69. The molecule has 0 radical (unpaired) electrons. The van der Waals surface area contributed by atoms with Crippen LogP contribution in [-0.4, -0.2) is 0 Å². The fraction of sp³-hybridized carbons (Fsp3) is 0.0811. The SMILES string of the molecule is CC1(C)c2ccccc2-c2cc3c(cc21)sc1cc2c4ccccc4c4ccc5ccccc5c4c2cc13. The predicted molar refractivity (Wildman–Crippen MR) is 167 cm³/mol. The molecule has 0 atom stereocenters. The highest BCUT2D eigenvalue weighted by molar-refractivity contribution is 7.26. The van der Waals surface area contributed by atoms with Crippen molar-refractivity contribution in [3.8, 4) is 11.1 Å². The number of benzene rings is 7. The Balaban J connectivity index is 1.48. The molecule has 0 nitrogen and oxygen atoms in total. The van der Waals surface area contributed by atoms with Crippen molar-refractivity contribution in [2.75, 3.05) is 0 Å². The zero-order valence-electron chi connectivity index (χ0n) is 21.3. The molecule has 0 N–H and O–H groups in total. The lowest BCUT2D eigenvalue weighted by Crippen LogP contribution is -2.14. The van der Waals surface area contributed by atoms with E-state index in [4.69, 9.17) is 0 Å². The molecule has 178 valence electrons. The van der Waals surface area contributed by atoms with Crippen LogP contribution >= 0.6 is 11.3 Å². The van der Waals surface area contributed by atoms with E-state index in [2.05, 4.69) is 123 Å². The first kappa shape index (κ1) is 20.8. The second kappa shape index (κ2) is 7.01. The molecule has 1 aliphatic carbocycles. The maximum atomic E-state index is 2.49. The Labute approximate surface area is 224 Å². The van der Waals surface area contributed by atoms with E-state index in [0.717, 1.165) is 0 Å². The molecule has 0 saturated heterocycles. The Bertz CT molecular complexity index is 2310. The third kappa shape index (κ3) is 2.50. The van der Waals surface area contributed by atoms with E-state index in [1.54, 1.807) is 0 Å². The zero-order chi connectivity index (χ0) is 25.2. The van der Waals surface area contributed by atoms with Gasteiger partial charge < -0.3 is 0 Å². The van der Waals surface area contributed by atoms with E-state index in [-0.39, 0.29) is 5.41 Å². The monoisotopic (exact) mass is 500 g/mol. The van der Waals surface area contributed by atoms with Gasteiger partial charge in [0.05, 0.1) is 0 Å². The summed E-state index contributed by atoms with van der Waals surface area (Å²) in [4.78, 5) is 0. The second-order valence-corrected chi connectivity index (χ2v) is 12.4. The minimum Gasteiger partial charge on any atom is -0.135 e. The molecule has 9 rings (SSSR count). The van der Waals surface area contributed by atoms with Crippen molar-refractivity contribution in [2.45, 2.75) is 19.3 Å². The summed E-state index contributed by atoms with van der Waals surface area (Å²) in [5.74, 6) is 0. The zero-order valence-corrected chi connectivity index (χ0v) is 22.1. The summed E-state index contributed by atoms with van der Waals surface area (Å²) in [5, 5.41) is 13.4. The third-order valence-corrected chi connectivity index (χ3v) is 10.1. The van der Waals surface area contributed by atoms with E-state index < -0.39 is 0 Å². The lowest BCUT2D eigenvalue weighted by molar-refractivity contribution is 0.661. The Morgan fingerprint density at radius 3 is 2.00 bits per heavy atom. The molecule has 1 heterocycles. The first-order chi connectivity index (χ1) is 18.6. The molecule has 0 saturated carbocycles. The minimum absolute atomic E-state index is 0.0202. The minimum atomic E-state index is 0.0202. The largest absolute Gasteiger partial charge is 0.135 e. The summed E-state index contributed by atoms with van der Waals surface area (Å²) < 4.78 is 2.75. The van der Waals surface area contributed by atoms with Crippen LogP contribution in [0.4, 0.5) is 0 Å². The van der Waals surface area contributed by atoms with Gasteiger partial charge in [0, 0.05) is 25.6 Å². The van der Waals surface area contributed by atoms with Gasteiger partial charge in [-0.1, -0.05) is 98.8 Å². The Morgan fingerprint density at radius 1 is 0.447 bits per heavy atom. The van der Waals surface area contributed by atoms with Gasteiger partial charge in [0.25, 0.3) is 0 Å². The van der Waals surface area contributed by atoms with Crippen LogP contribution in [0.2, 0.25) is 0 Å². The molecule has 0 fully saturated rings. The fourth-order valence-corrected chi connectivity index (χ4v) is 8.33. The molecule has 0 bridgehead atoms. The van der Waals surface area contributed by atoms with Crippen molar-refractivity contribution in [1.82, 2.24) is 0 Å². The number of hydrogen-bond donors (Lipinski definition) is 0. The summed E-state index contributed by atoms with van der Waals surface area (Å²) in [6, 6.07) is 41.2. The third-order valence-electron chi connectivity index (χ3n) is 9.02. The molecular formula is C37H24S. The van der Waals surface area contributed by atoms with Crippen molar-refractivity contribution in [2.24, 2.45) is 0 Å². The molecule has 0 unspecified atom stereocenters. The summed E-state index contributed by atoms with van der Waals surface area (Å²) in [7, 11) is 0. The predicted octanol–water partition coefficient (Wildman–Crippen LogP) is 11.0. The van der Waals surface area contributed by atoms with Crippen LogP contribution in [0.3, 0.4) is 0 Å². The van der Waals surface area contributed by atoms with Gasteiger partial charge in [-0.05, 0) is 89.6 Å². The van der Waals surface area contributed by atoms with Crippen LogP contribution in [0.25, 0.3) is 74.4 Å². The van der Waals surface area contributed by atoms with Crippen molar-refractivity contribution in [3.05, 3.63) is 120 Å². The van der Waals surface area contributed by atoms with E-state index in [1.165, 1.54) is 85.5 Å². The smallest absolute Gasteiger partial charge is 0.0362 e. The van der Waals surface area contributed by atoms with Gasteiger partial charge in [0.1, 0.15) is 0 Å². The van der Waals surface area contributed by atoms with Gasteiger partial charge in [-0.25, -0.2) is 0 Å². The molecule has 0 aliphatic heterocycles. The van der Waals surface area contributed by atoms with Crippen molar-refractivity contribution < 1.29 is 0 Å². The van der Waals surface area contributed by atoms with Gasteiger partial charge in [-0.2, -0.15) is 0 Å². The van der Waals surface area contributed by atoms with Crippen LogP contribution in [0, 0.1) is 0 Å². The lowest BCUT2D eigenvalue weighted by Gasteiger charge is -2.21. The molecule has 1 heteroatoms. The van der Waals surface area contributed by atoms with Gasteiger partial charge in [0.15, 0.2) is 0 Å². The van der Waals surface area contributed by atoms with Crippen molar-refractivity contribution in [1.29, 1.82) is 0 Å². The normalized spacial score (nSPS) is 14.3. The Hall–Kier alpha value is -4.20. The van der Waals surface area contributed by atoms with Crippen LogP contribution < -0.4 is 0 Å². The number of rotatable bonds is 0. The van der Waals surface area contributed by atoms with Crippen LogP contribution in [0.5, 0.6) is 0 Å². The Kier molecular flexibility index (Phi) is 3.84. The lowest BCUT2D eigenvalue weighted by atomic mass is 9.82. The Morgan fingerprint density at radius 2 is 1.13 bits per heavy atom. The molecular weight excluding hydrogens is 476 g/mol. The topological polar surface area (TPSA) is 0 Å². The van der Waals surface area contributed by atoms with Gasteiger partial charge >= 0.3 is 0 Å². The number of hydrogen-bond acceptors (Lipinski definition) is 1. The maximum absolute atomic E-state index is 2.49. The van der Waals surface area contributed by atoms with E-state index in [9.17, 15) is 0 Å². The molecule has 0 amide bonds. The standard InChI is InChI=1S/C37H24S/c1-37(2)32-14-8-7-13-25(32)28-17-29-30-18-31-27(19-34(30)38-35(29)20-33(28)37)24-12-6-5-11-23(24)26-16-15-21-9-3-4-10-22(21)36(26)31/h3-20H,1-2H3. The first-order valence-corrected chi connectivity index (χ1v) is 14.2. The molecule has 1 aliphatic rings. The summed E-state index contributed by atoms with van der Waals surface area (Å²) >= 11 is 1.94. The maximum Gasteiger partial charge on any atom is 0.0362 e. The summed E-state index contributed by atoms with van der Waals surface area (Å²) in [6.45, 7) is 4.74. The van der Waals surface area contributed by atoms with Crippen molar-refractivity contribution >= 4 is 74.6 Å². The van der Waals surface area contributed by atoms with Gasteiger partial charge in [-0.15, -0.1) is 11.3 Å². The van der Waals surface area contributed by atoms with Gasteiger partial charge in [0.2, 0.25) is 0 Å². The molecule has 8 aromatic rings. The van der Waals surface area contributed by atoms with E-state index in [1.807, 2.05) is 11.3 Å². The number of fused-ring (bicyclic) bond motifs is 14. The average molecular weight is 501 g/mol. The molecule has 1 aromatic heterocycles. The van der Waals surface area contributed by atoms with E-state index in [0.29, 0.717) is 0 Å². The quantitative estimate of drug-likeness (QED) is 0.182. The summed E-state index contributed by atoms with van der Waals surface area (Å²) in [6.07, 6.45) is 0. The number of thiophene rings is 1. The average Bonchev–Trinajstić information content (AvgIpc) is 3.42. The second-order valence-electron chi connectivity index (χ2n) is 11.3. The molecule has 7 aromatic carbocycles. The highest BCUT2D eigenvalue weighted by Crippen LogP contribution is 2.52.